The van der Waals surface area contributed by atoms with Gasteiger partial charge in [0, 0.05) is 16.3 Å². The maximum Gasteiger partial charge on any atom is 0.341 e. The number of nitrogens with one attached hydrogen (secondary N) is 1. The molecule has 0 saturated carbocycles. The normalized spacial score (nSPS) is 10.8. The minimum atomic E-state index is -0.523. The summed E-state index contributed by atoms with van der Waals surface area (Å²) in [5, 5.41) is 6.86. The molecule has 180 valence electrons. The van der Waals surface area contributed by atoms with Gasteiger partial charge in [0.25, 0.3) is 0 Å². The van der Waals surface area contributed by atoms with Crippen molar-refractivity contribution in [2.24, 2.45) is 0 Å². The van der Waals surface area contributed by atoms with E-state index in [1.165, 1.54) is 30.2 Å². The molecule has 3 aromatic rings. The summed E-state index contributed by atoms with van der Waals surface area (Å²) < 4.78 is 10.6. The summed E-state index contributed by atoms with van der Waals surface area (Å²) in [4.78, 5) is 29.9. The zero-order chi connectivity index (χ0) is 25.1. The number of aryl methyl sites for hydroxylation is 1. The van der Waals surface area contributed by atoms with E-state index in [2.05, 4.69) is 16.9 Å². The van der Waals surface area contributed by atoms with Gasteiger partial charge in [-0.25, -0.2) is 9.78 Å². The highest BCUT2D eigenvalue weighted by molar-refractivity contribution is 7.99. The van der Waals surface area contributed by atoms with Crippen LogP contribution in [0.1, 0.15) is 42.3 Å². The van der Waals surface area contributed by atoms with Gasteiger partial charge in [-0.15, -0.1) is 11.3 Å². The number of anilines is 1. The second kappa shape index (κ2) is 13.6. The molecule has 1 amide bonds. The third kappa shape index (κ3) is 6.71. The Balaban J connectivity index is 0.00000199. The van der Waals surface area contributed by atoms with Crippen LogP contribution in [0.2, 0.25) is 0 Å². The Morgan fingerprint density at radius 1 is 1.26 bits per heavy atom. The standard InChI is InChI=1S/C24H24N2O4S2.C2H6/c1-5-9-19(29-4)17-13-32-23(22(17)24(28)30-6-2)26-20(27)14-31-21-12-15(3)16-10-7-8-11-18(16)25-21;1-2/h5,7-13H,1,6,14H2,2-4H3,(H,26,27);1-2H3/b19-9-;. The molecule has 1 aromatic carbocycles. The molecule has 0 fully saturated rings. The number of hydrogen-bond donors (Lipinski definition) is 1. The van der Waals surface area contributed by atoms with E-state index in [1.54, 1.807) is 24.5 Å². The van der Waals surface area contributed by atoms with Gasteiger partial charge >= 0.3 is 5.97 Å². The summed E-state index contributed by atoms with van der Waals surface area (Å²) in [6.45, 7) is 11.6. The van der Waals surface area contributed by atoms with E-state index in [9.17, 15) is 9.59 Å². The molecule has 3 rings (SSSR count). The maximum atomic E-state index is 12.7. The van der Waals surface area contributed by atoms with Gasteiger partial charge in [0.2, 0.25) is 5.91 Å². The average molecular weight is 499 g/mol. The number of ether oxygens (including phenoxy) is 2. The van der Waals surface area contributed by atoms with E-state index >= 15 is 0 Å². The largest absolute Gasteiger partial charge is 0.496 e. The van der Waals surface area contributed by atoms with Crippen LogP contribution in [0.15, 0.2) is 59.5 Å². The number of hydrogen-bond acceptors (Lipinski definition) is 7. The molecule has 34 heavy (non-hydrogen) atoms. The zero-order valence-corrected chi connectivity index (χ0v) is 21.8. The number of carbonyl (C=O) groups is 2. The van der Waals surface area contributed by atoms with Crippen molar-refractivity contribution in [3.05, 3.63) is 71.1 Å². The smallest absolute Gasteiger partial charge is 0.341 e. The van der Waals surface area contributed by atoms with Gasteiger partial charge in [0.1, 0.15) is 16.3 Å². The molecule has 2 heterocycles. The van der Waals surface area contributed by atoms with Crippen LogP contribution in [0.4, 0.5) is 5.00 Å². The Hall–Kier alpha value is -3.10. The Morgan fingerprint density at radius 3 is 2.68 bits per heavy atom. The van der Waals surface area contributed by atoms with E-state index in [0.717, 1.165) is 21.5 Å². The first kappa shape index (κ1) is 27.1. The lowest BCUT2D eigenvalue weighted by molar-refractivity contribution is -0.113. The lowest BCUT2D eigenvalue weighted by Crippen LogP contribution is -2.17. The molecule has 0 aliphatic heterocycles. The van der Waals surface area contributed by atoms with Crippen LogP contribution in [0, 0.1) is 6.92 Å². The Kier molecular flexibility index (Phi) is 10.8. The third-order valence-electron chi connectivity index (χ3n) is 4.53. The number of benzene rings is 1. The summed E-state index contributed by atoms with van der Waals surface area (Å²) in [6.07, 6.45) is 3.22. The van der Waals surface area contributed by atoms with Crippen molar-refractivity contribution in [1.82, 2.24) is 4.98 Å². The van der Waals surface area contributed by atoms with Gasteiger partial charge in [0.15, 0.2) is 0 Å². The molecule has 8 heteroatoms. The number of aromatic nitrogens is 1. The number of allylic oxidation sites excluding steroid dienone is 2. The van der Waals surface area contributed by atoms with Crippen LogP contribution in [-0.4, -0.2) is 36.3 Å². The first-order chi connectivity index (χ1) is 16.5. The third-order valence-corrected chi connectivity index (χ3v) is 6.34. The second-order valence-electron chi connectivity index (χ2n) is 6.68. The molecule has 0 aliphatic carbocycles. The molecule has 0 aliphatic rings. The van der Waals surface area contributed by atoms with Gasteiger partial charge in [-0.2, -0.15) is 0 Å². The quantitative estimate of drug-likeness (QED) is 0.153. The number of thioether (sulfide) groups is 1. The first-order valence-corrected chi connectivity index (χ1v) is 12.8. The fourth-order valence-electron chi connectivity index (χ4n) is 3.11. The van der Waals surface area contributed by atoms with Crippen LogP contribution in [-0.2, 0) is 14.3 Å². The number of carbonyl (C=O) groups excluding carboxylic acids is 2. The molecule has 6 nitrogen and oxygen atoms in total. The van der Waals surface area contributed by atoms with E-state index in [0.29, 0.717) is 16.3 Å². The van der Waals surface area contributed by atoms with E-state index in [-0.39, 0.29) is 23.8 Å². The van der Waals surface area contributed by atoms with Crippen molar-refractivity contribution in [3.8, 4) is 0 Å². The molecule has 0 bridgehead atoms. The zero-order valence-electron chi connectivity index (χ0n) is 20.1. The topological polar surface area (TPSA) is 77.5 Å². The molecular formula is C26H30N2O4S2. The Labute approximate surface area is 209 Å². The van der Waals surface area contributed by atoms with E-state index in [4.69, 9.17) is 9.47 Å². The molecule has 2 aromatic heterocycles. The summed E-state index contributed by atoms with van der Waals surface area (Å²) in [6, 6.07) is 9.87. The lowest BCUT2D eigenvalue weighted by Gasteiger charge is -2.10. The maximum absolute atomic E-state index is 12.7. The van der Waals surface area contributed by atoms with Crippen molar-refractivity contribution < 1.29 is 19.1 Å². The van der Waals surface area contributed by atoms with Crippen molar-refractivity contribution in [2.75, 3.05) is 24.8 Å². The number of pyridine rings is 1. The van der Waals surface area contributed by atoms with Gasteiger partial charge < -0.3 is 14.8 Å². The SMILES string of the molecule is C=C/C=C(\OC)c1csc(NC(=O)CSc2cc(C)c3ccccc3n2)c1C(=O)OCC.CC. The fraction of sp³-hybridized carbons (Fsp3) is 0.269. The Bertz CT molecular complexity index is 1180. The summed E-state index contributed by atoms with van der Waals surface area (Å²) >= 11 is 2.58. The van der Waals surface area contributed by atoms with Gasteiger partial charge in [-0.05, 0) is 37.6 Å². The number of thiophene rings is 1. The molecule has 0 atom stereocenters. The molecule has 1 N–H and O–H groups in total. The number of methoxy groups -OCH3 is 1. The van der Waals surface area contributed by atoms with Crippen molar-refractivity contribution >= 4 is 56.6 Å². The number of rotatable bonds is 9. The predicted octanol–water partition coefficient (Wildman–Crippen LogP) is 6.71. The fourth-order valence-corrected chi connectivity index (χ4v) is 4.83. The summed E-state index contributed by atoms with van der Waals surface area (Å²) in [5.41, 5.74) is 2.81. The number of para-hydroxylation sites is 1. The number of amides is 1. The highest BCUT2D eigenvalue weighted by atomic mass is 32.2. The number of esters is 1. The van der Waals surface area contributed by atoms with E-state index in [1.807, 2.05) is 51.1 Å². The summed E-state index contributed by atoms with van der Waals surface area (Å²) in [7, 11) is 1.51. The van der Waals surface area contributed by atoms with Gasteiger partial charge in [0.05, 0.1) is 30.0 Å². The van der Waals surface area contributed by atoms with Crippen LogP contribution >= 0.6 is 23.1 Å². The van der Waals surface area contributed by atoms with E-state index < -0.39 is 5.97 Å². The van der Waals surface area contributed by atoms with Crippen LogP contribution in [0.3, 0.4) is 0 Å². The molecular weight excluding hydrogens is 468 g/mol. The Morgan fingerprint density at radius 2 is 2.00 bits per heavy atom. The highest BCUT2D eigenvalue weighted by Gasteiger charge is 2.24. The van der Waals surface area contributed by atoms with Crippen LogP contribution in [0.25, 0.3) is 16.7 Å². The van der Waals surface area contributed by atoms with Crippen molar-refractivity contribution in [1.29, 1.82) is 0 Å². The minimum Gasteiger partial charge on any atom is -0.496 e. The van der Waals surface area contributed by atoms with Crippen molar-refractivity contribution in [2.45, 2.75) is 32.7 Å². The monoisotopic (exact) mass is 498 g/mol. The molecule has 0 spiro atoms. The highest BCUT2D eigenvalue weighted by Crippen LogP contribution is 2.34. The lowest BCUT2D eigenvalue weighted by atomic mass is 10.1. The van der Waals surface area contributed by atoms with Crippen LogP contribution in [0.5, 0.6) is 0 Å². The van der Waals surface area contributed by atoms with Crippen LogP contribution < -0.4 is 5.32 Å². The second-order valence-corrected chi connectivity index (χ2v) is 8.55. The predicted molar refractivity (Wildman–Crippen MR) is 143 cm³/mol. The van der Waals surface area contributed by atoms with Gasteiger partial charge in [-0.3, -0.25) is 4.79 Å². The molecule has 0 radical (unpaired) electrons. The summed E-state index contributed by atoms with van der Waals surface area (Å²) in [5.74, 6) is -0.149. The van der Waals surface area contributed by atoms with Crippen molar-refractivity contribution in [3.63, 3.8) is 0 Å². The van der Waals surface area contributed by atoms with Gasteiger partial charge in [-0.1, -0.05) is 56.5 Å². The molecule has 0 saturated heterocycles. The average Bonchev–Trinajstić information content (AvgIpc) is 3.26. The number of fused-ring (bicyclic) bond motifs is 1. The minimum absolute atomic E-state index is 0.153. The molecule has 0 unspecified atom stereocenters. The first-order valence-electron chi connectivity index (χ1n) is 10.9. The number of nitrogens with zero attached hydrogens (tertiary/aromatic N) is 1.